The maximum atomic E-state index is 13.2. The van der Waals surface area contributed by atoms with Gasteiger partial charge in [0, 0.05) is 32.6 Å². The molecule has 0 atom stereocenters. The highest BCUT2D eigenvalue weighted by molar-refractivity contribution is 7.89. The molecule has 1 aromatic heterocycles. The molecule has 0 aliphatic carbocycles. The van der Waals surface area contributed by atoms with Crippen LogP contribution in [0, 0.1) is 0 Å². The molecule has 0 unspecified atom stereocenters. The number of hydrogen-bond acceptors (Lipinski definition) is 6. The molecule has 2 aromatic carbocycles. The highest BCUT2D eigenvalue weighted by Crippen LogP contribution is 2.26. The first-order valence-electron chi connectivity index (χ1n) is 9.91. The minimum Gasteiger partial charge on any atom is -0.494 e. The summed E-state index contributed by atoms with van der Waals surface area (Å²) in [5.74, 6) is 1.94. The van der Waals surface area contributed by atoms with Gasteiger partial charge in [0.2, 0.25) is 10.0 Å². The quantitative estimate of drug-likeness (QED) is 0.445. The van der Waals surface area contributed by atoms with Crippen molar-refractivity contribution in [2.24, 2.45) is 0 Å². The Kier molecular flexibility index (Phi) is 8.00. The van der Waals surface area contributed by atoms with Gasteiger partial charge in [0.05, 0.1) is 18.1 Å². The number of methoxy groups -OCH3 is 1. The second kappa shape index (κ2) is 10.9. The molecule has 0 aliphatic heterocycles. The first-order valence-corrected chi connectivity index (χ1v) is 11.4. The first-order chi connectivity index (χ1) is 15.0. The number of rotatable bonds is 11. The third-order valence-corrected chi connectivity index (χ3v) is 6.32. The standard InChI is InChI=1S/C23H26N2O5S/c1-3-29-20-6-8-21(9-7-20)30-22-10-12-23(13-11-22)31(26,27)25(15-16-28-2)18-19-5-4-14-24-17-19/h4-14,17H,3,15-16,18H2,1-2H3. The van der Waals surface area contributed by atoms with Crippen LogP contribution in [0.25, 0.3) is 0 Å². The summed E-state index contributed by atoms with van der Waals surface area (Å²) in [4.78, 5) is 4.25. The molecule has 31 heavy (non-hydrogen) atoms. The van der Waals surface area contributed by atoms with Gasteiger partial charge in [-0.3, -0.25) is 4.98 Å². The fourth-order valence-corrected chi connectivity index (χ4v) is 4.32. The Morgan fingerprint density at radius 1 is 0.935 bits per heavy atom. The van der Waals surface area contributed by atoms with Crippen molar-refractivity contribution in [2.45, 2.75) is 18.4 Å². The first kappa shape index (κ1) is 22.7. The number of hydrogen-bond donors (Lipinski definition) is 0. The molecule has 0 radical (unpaired) electrons. The van der Waals surface area contributed by atoms with Crippen molar-refractivity contribution in [3.63, 3.8) is 0 Å². The highest BCUT2D eigenvalue weighted by Gasteiger charge is 2.24. The summed E-state index contributed by atoms with van der Waals surface area (Å²) in [5.41, 5.74) is 0.803. The van der Waals surface area contributed by atoms with E-state index in [9.17, 15) is 8.42 Å². The van der Waals surface area contributed by atoms with E-state index in [-0.39, 0.29) is 18.0 Å². The molecule has 0 fully saturated rings. The van der Waals surface area contributed by atoms with Crippen molar-refractivity contribution < 1.29 is 22.6 Å². The Morgan fingerprint density at radius 3 is 2.16 bits per heavy atom. The van der Waals surface area contributed by atoms with Gasteiger partial charge in [-0.15, -0.1) is 0 Å². The van der Waals surface area contributed by atoms with Crippen LogP contribution in [0.2, 0.25) is 0 Å². The van der Waals surface area contributed by atoms with Crippen LogP contribution in [0.15, 0.2) is 78.0 Å². The van der Waals surface area contributed by atoms with E-state index < -0.39 is 10.0 Å². The van der Waals surface area contributed by atoms with Crippen LogP contribution in [-0.4, -0.2) is 44.6 Å². The van der Waals surface area contributed by atoms with Gasteiger partial charge in [-0.25, -0.2) is 8.42 Å². The predicted molar refractivity (Wildman–Crippen MR) is 118 cm³/mol. The van der Waals surface area contributed by atoms with E-state index in [1.54, 1.807) is 62.0 Å². The zero-order valence-electron chi connectivity index (χ0n) is 17.6. The molecule has 3 rings (SSSR count). The third kappa shape index (κ3) is 6.27. The van der Waals surface area contributed by atoms with Crippen molar-refractivity contribution in [1.29, 1.82) is 0 Å². The van der Waals surface area contributed by atoms with Crippen LogP contribution >= 0.6 is 0 Å². The number of nitrogens with zero attached hydrogens (tertiary/aromatic N) is 2. The Morgan fingerprint density at radius 2 is 1.58 bits per heavy atom. The predicted octanol–water partition coefficient (Wildman–Crippen LogP) is 4.11. The van der Waals surface area contributed by atoms with Crippen LogP contribution in [0.4, 0.5) is 0 Å². The largest absolute Gasteiger partial charge is 0.494 e. The van der Waals surface area contributed by atoms with Crippen LogP contribution in [0.5, 0.6) is 17.2 Å². The smallest absolute Gasteiger partial charge is 0.243 e. The lowest BCUT2D eigenvalue weighted by molar-refractivity contribution is 0.177. The van der Waals surface area contributed by atoms with Crippen molar-refractivity contribution in [2.75, 3.05) is 26.9 Å². The molecular formula is C23H26N2O5S. The average molecular weight is 443 g/mol. The minimum atomic E-state index is -3.72. The van der Waals surface area contributed by atoms with Gasteiger partial charge in [0.15, 0.2) is 0 Å². The summed E-state index contributed by atoms with van der Waals surface area (Å²) in [6, 6.07) is 17.2. The minimum absolute atomic E-state index is 0.187. The molecule has 0 saturated carbocycles. The van der Waals surface area contributed by atoms with Gasteiger partial charge in [-0.05, 0) is 67.1 Å². The molecule has 8 heteroatoms. The topological polar surface area (TPSA) is 78.0 Å². The number of pyridine rings is 1. The summed E-state index contributed by atoms with van der Waals surface area (Å²) in [7, 11) is -2.18. The van der Waals surface area contributed by atoms with Crippen LogP contribution in [-0.2, 0) is 21.3 Å². The molecule has 164 valence electrons. The summed E-state index contributed by atoms with van der Waals surface area (Å²) >= 11 is 0. The number of benzene rings is 2. The van der Waals surface area contributed by atoms with E-state index in [4.69, 9.17) is 14.2 Å². The van der Waals surface area contributed by atoms with Gasteiger partial charge in [0.25, 0.3) is 0 Å². The second-order valence-electron chi connectivity index (χ2n) is 6.67. The highest BCUT2D eigenvalue weighted by atomic mass is 32.2. The maximum Gasteiger partial charge on any atom is 0.243 e. The lowest BCUT2D eigenvalue weighted by Crippen LogP contribution is -2.33. The Balaban J connectivity index is 1.74. The molecule has 0 bridgehead atoms. The molecule has 0 amide bonds. The van der Waals surface area contributed by atoms with Gasteiger partial charge in [-0.2, -0.15) is 4.31 Å². The fraction of sp³-hybridized carbons (Fsp3) is 0.261. The lowest BCUT2D eigenvalue weighted by atomic mass is 10.3. The van der Waals surface area contributed by atoms with E-state index in [1.807, 2.05) is 25.1 Å². The van der Waals surface area contributed by atoms with Crippen molar-refractivity contribution in [3.05, 3.63) is 78.6 Å². The Hall–Kier alpha value is -2.94. The van der Waals surface area contributed by atoms with Crippen molar-refractivity contribution in [1.82, 2.24) is 9.29 Å². The van der Waals surface area contributed by atoms with Gasteiger partial charge < -0.3 is 14.2 Å². The average Bonchev–Trinajstić information content (AvgIpc) is 2.79. The van der Waals surface area contributed by atoms with Gasteiger partial charge >= 0.3 is 0 Å². The van der Waals surface area contributed by atoms with Gasteiger partial charge in [-0.1, -0.05) is 6.07 Å². The molecule has 0 spiro atoms. The molecule has 3 aromatic rings. The summed E-state index contributed by atoms with van der Waals surface area (Å²) in [6.45, 7) is 3.26. The Bertz CT molecular complexity index is 1040. The number of sulfonamides is 1. The Labute approximate surface area is 183 Å². The third-order valence-electron chi connectivity index (χ3n) is 4.46. The molecule has 7 nitrogen and oxygen atoms in total. The SMILES string of the molecule is CCOc1ccc(Oc2ccc(S(=O)(=O)N(CCOC)Cc3cccnc3)cc2)cc1. The molecular weight excluding hydrogens is 416 g/mol. The summed E-state index contributed by atoms with van der Waals surface area (Å²) < 4.78 is 44.1. The molecule has 0 N–H and O–H groups in total. The van der Waals surface area contributed by atoms with Gasteiger partial charge in [0.1, 0.15) is 17.2 Å². The van der Waals surface area contributed by atoms with Crippen molar-refractivity contribution in [3.8, 4) is 17.2 Å². The van der Waals surface area contributed by atoms with E-state index in [2.05, 4.69) is 4.98 Å². The summed E-state index contributed by atoms with van der Waals surface area (Å²) in [6.07, 6.45) is 3.31. The fourth-order valence-electron chi connectivity index (χ4n) is 2.91. The number of aromatic nitrogens is 1. The van der Waals surface area contributed by atoms with E-state index >= 15 is 0 Å². The van der Waals surface area contributed by atoms with Crippen LogP contribution < -0.4 is 9.47 Å². The zero-order valence-corrected chi connectivity index (χ0v) is 18.4. The molecule has 1 heterocycles. The zero-order chi connectivity index (χ0) is 22.1. The summed E-state index contributed by atoms with van der Waals surface area (Å²) in [5, 5.41) is 0. The molecule has 0 saturated heterocycles. The normalized spacial score (nSPS) is 11.5. The van der Waals surface area contributed by atoms with Crippen LogP contribution in [0.1, 0.15) is 12.5 Å². The van der Waals surface area contributed by atoms with E-state index in [0.29, 0.717) is 24.7 Å². The van der Waals surface area contributed by atoms with E-state index in [0.717, 1.165) is 11.3 Å². The monoisotopic (exact) mass is 442 g/mol. The van der Waals surface area contributed by atoms with Crippen LogP contribution in [0.3, 0.4) is 0 Å². The maximum absolute atomic E-state index is 13.2. The van der Waals surface area contributed by atoms with E-state index in [1.165, 1.54) is 4.31 Å². The lowest BCUT2D eigenvalue weighted by Gasteiger charge is -2.22. The second-order valence-corrected chi connectivity index (χ2v) is 8.61. The number of ether oxygens (including phenoxy) is 3. The molecule has 0 aliphatic rings. The van der Waals surface area contributed by atoms with Crippen molar-refractivity contribution >= 4 is 10.0 Å².